The molecule has 2 N–H and O–H groups in total. The molecule has 13 heavy (non-hydrogen) atoms. The maximum absolute atomic E-state index is 5.76. The van der Waals surface area contributed by atoms with Gasteiger partial charge in [0.1, 0.15) is 0 Å². The summed E-state index contributed by atoms with van der Waals surface area (Å²) in [6.45, 7) is 2.93. The first-order valence-corrected chi connectivity index (χ1v) is 5.28. The number of nitrogens with zero attached hydrogens (tertiary/aromatic N) is 1. The van der Waals surface area contributed by atoms with Crippen molar-refractivity contribution >= 4 is 0 Å². The Hall–Kier alpha value is -0.120. The van der Waals surface area contributed by atoms with E-state index in [2.05, 4.69) is 4.90 Å². The SMILES string of the molecule is COCC12CCCN1C(CN)CC2. The predicted molar refractivity (Wildman–Crippen MR) is 52.6 cm³/mol. The summed E-state index contributed by atoms with van der Waals surface area (Å²) in [7, 11) is 1.81. The van der Waals surface area contributed by atoms with Crippen LogP contribution in [-0.4, -0.2) is 43.3 Å². The van der Waals surface area contributed by atoms with Gasteiger partial charge in [-0.3, -0.25) is 4.90 Å². The fraction of sp³-hybridized carbons (Fsp3) is 1.00. The van der Waals surface area contributed by atoms with E-state index in [1.165, 1.54) is 32.2 Å². The maximum atomic E-state index is 5.76. The van der Waals surface area contributed by atoms with Crippen molar-refractivity contribution in [3.8, 4) is 0 Å². The van der Waals surface area contributed by atoms with E-state index in [1.807, 2.05) is 0 Å². The van der Waals surface area contributed by atoms with Gasteiger partial charge in [-0.25, -0.2) is 0 Å². The third-order valence-electron chi connectivity index (χ3n) is 3.72. The second-order valence-electron chi connectivity index (χ2n) is 4.38. The first kappa shape index (κ1) is 9.44. The predicted octanol–water partition coefficient (Wildman–Crippen LogP) is 0.588. The van der Waals surface area contributed by atoms with Crippen LogP contribution in [0.25, 0.3) is 0 Å². The Morgan fingerprint density at radius 3 is 3.08 bits per heavy atom. The van der Waals surface area contributed by atoms with Crippen molar-refractivity contribution in [3.05, 3.63) is 0 Å². The van der Waals surface area contributed by atoms with Crippen LogP contribution in [0.4, 0.5) is 0 Å². The van der Waals surface area contributed by atoms with Crippen LogP contribution in [0, 0.1) is 0 Å². The van der Waals surface area contributed by atoms with E-state index >= 15 is 0 Å². The summed E-state index contributed by atoms with van der Waals surface area (Å²) in [6.07, 6.45) is 5.17. The second kappa shape index (κ2) is 3.56. The molecule has 0 aromatic rings. The summed E-state index contributed by atoms with van der Waals surface area (Å²) in [5.41, 5.74) is 6.12. The lowest BCUT2D eigenvalue weighted by atomic mass is 9.95. The van der Waals surface area contributed by atoms with Gasteiger partial charge in [0.2, 0.25) is 0 Å². The smallest absolute Gasteiger partial charge is 0.0646 e. The second-order valence-corrected chi connectivity index (χ2v) is 4.38. The summed E-state index contributed by atoms with van der Waals surface area (Å²) >= 11 is 0. The van der Waals surface area contributed by atoms with Crippen molar-refractivity contribution in [3.63, 3.8) is 0 Å². The number of methoxy groups -OCH3 is 1. The van der Waals surface area contributed by atoms with Crippen molar-refractivity contribution in [1.82, 2.24) is 4.90 Å². The fourth-order valence-corrected chi connectivity index (χ4v) is 3.13. The van der Waals surface area contributed by atoms with Gasteiger partial charge in [0.15, 0.2) is 0 Å². The minimum Gasteiger partial charge on any atom is -0.383 e. The zero-order valence-electron chi connectivity index (χ0n) is 8.46. The standard InChI is InChI=1S/C10H20N2O/c1-13-8-10-4-2-6-12(10)9(7-11)3-5-10/h9H,2-8,11H2,1H3. The highest BCUT2D eigenvalue weighted by atomic mass is 16.5. The first-order chi connectivity index (χ1) is 6.32. The molecule has 2 atom stereocenters. The average Bonchev–Trinajstić information content (AvgIpc) is 2.62. The Morgan fingerprint density at radius 2 is 2.38 bits per heavy atom. The summed E-state index contributed by atoms with van der Waals surface area (Å²) < 4.78 is 5.34. The lowest BCUT2D eigenvalue weighted by Gasteiger charge is -2.34. The van der Waals surface area contributed by atoms with Gasteiger partial charge in [-0.2, -0.15) is 0 Å². The summed E-state index contributed by atoms with van der Waals surface area (Å²) in [6, 6.07) is 0.623. The molecule has 2 fully saturated rings. The van der Waals surface area contributed by atoms with Crippen LogP contribution in [0.15, 0.2) is 0 Å². The Bertz CT molecular complexity index is 186. The molecular weight excluding hydrogens is 164 g/mol. The molecule has 2 saturated heterocycles. The molecular formula is C10H20N2O. The molecule has 0 aromatic heterocycles. The van der Waals surface area contributed by atoms with Crippen molar-refractivity contribution in [2.75, 3.05) is 26.8 Å². The summed E-state index contributed by atoms with van der Waals surface area (Å²) in [5, 5.41) is 0. The molecule has 2 heterocycles. The van der Waals surface area contributed by atoms with Gasteiger partial charge in [0, 0.05) is 25.2 Å². The first-order valence-electron chi connectivity index (χ1n) is 5.28. The van der Waals surface area contributed by atoms with Crippen molar-refractivity contribution < 1.29 is 4.74 Å². The minimum atomic E-state index is 0.360. The van der Waals surface area contributed by atoms with Crippen molar-refractivity contribution in [2.24, 2.45) is 5.73 Å². The molecule has 0 radical (unpaired) electrons. The van der Waals surface area contributed by atoms with Gasteiger partial charge in [-0.1, -0.05) is 0 Å². The van der Waals surface area contributed by atoms with Crippen molar-refractivity contribution in [2.45, 2.75) is 37.3 Å². The van der Waals surface area contributed by atoms with Crippen LogP contribution >= 0.6 is 0 Å². The highest BCUT2D eigenvalue weighted by molar-refractivity contribution is 5.04. The fourth-order valence-electron chi connectivity index (χ4n) is 3.13. The molecule has 0 amide bonds. The maximum Gasteiger partial charge on any atom is 0.0646 e. The quantitative estimate of drug-likeness (QED) is 0.697. The molecule has 0 bridgehead atoms. The number of hydrogen-bond donors (Lipinski definition) is 1. The minimum absolute atomic E-state index is 0.360. The van der Waals surface area contributed by atoms with Crippen LogP contribution < -0.4 is 5.73 Å². The van der Waals surface area contributed by atoms with E-state index in [0.717, 1.165) is 13.2 Å². The molecule has 3 nitrogen and oxygen atoms in total. The Balaban J connectivity index is 2.09. The molecule has 0 spiro atoms. The Labute approximate surface area is 80.2 Å². The van der Waals surface area contributed by atoms with Crippen molar-refractivity contribution in [1.29, 1.82) is 0 Å². The third-order valence-corrected chi connectivity index (χ3v) is 3.72. The lowest BCUT2D eigenvalue weighted by molar-refractivity contribution is 0.0512. The molecule has 0 saturated carbocycles. The van der Waals surface area contributed by atoms with Crippen LogP contribution in [0.1, 0.15) is 25.7 Å². The molecule has 2 aliphatic heterocycles. The number of nitrogens with two attached hydrogens (primary N) is 1. The van der Waals surface area contributed by atoms with E-state index in [0.29, 0.717) is 11.6 Å². The lowest BCUT2D eigenvalue weighted by Crippen LogP contribution is -2.47. The van der Waals surface area contributed by atoms with Crippen LogP contribution in [0.3, 0.4) is 0 Å². The zero-order valence-corrected chi connectivity index (χ0v) is 8.46. The number of ether oxygens (including phenoxy) is 1. The highest BCUT2D eigenvalue weighted by Crippen LogP contribution is 2.41. The molecule has 2 aliphatic rings. The summed E-state index contributed by atoms with van der Waals surface area (Å²) in [4.78, 5) is 2.59. The van der Waals surface area contributed by atoms with Gasteiger partial charge in [-0.05, 0) is 32.2 Å². The van der Waals surface area contributed by atoms with Gasteiger partial charge in [-0.15, -0.1) is 0 Å². The van der Waals surface area contributed by atoms with Crippen LogP contribution in [0.2, 0.25) is 0 Å². The van der Waals surface area contributed by atoms with E-state index < -0.39 is 0 Å². The van der Waals surface area contributed by atoms with Gasteiger partial charge < -0.3 is 10.5 Å². The van der Waals surface area contributed by atoms with E-state index in [4.69, 9.17) is 10.5 Å². The Morgan fingerprint density at radius 1 is 1.54 bits per heavy atom. The number of rotatable bonds is 3. The monoisotopic (exact) mass is 184 g/mol. The molecule has 76 valence electrons. The number of fused-ring (bicyclic) bond motifs is 1. The van der Waals surface area contributed by atoms with E-state index in [9.17, 15) is 0 Å². The highest BCUT2D eigenvalue weighted by Gasteiger charge is 2.48. The van der Waals surface area contributed by atoms with E-state index in [-0.39, 0.29) is 0 Å². The molecule has 3 heteroatoms. The molecule has 0 aliphatic carbocycles. The number of hydrogen-bond acceptors (Lipinski definition) is 3. The zero-order chi connectivity index (χ0) is 9.31. The van der Waals surface area contributed by atoms with Gasteiger partial charge in [0.25, 0.3) is 0 Å². The molecule has 2 unspecified atom stereocenters. The van der Waals surface area contributed by atoms with E-state index in [1.54, 1.807) is 7.11 Å². The molecule has 2 rings (SSSR count). The Kier molecular flexibility index (Phi) is 2.58. The van der Waals surface area contributed by atoms with Gasteiger partial charge >= 0.3 is 0 Å². The largest absolute Gasteiger partial charge is 0.383 e. The topological polar surface area (TPSA) is 38.5 Å². The van der Waals surface area contributed by atoms with Crippen LogP contribution in [0.5, 0.6) is 0 Å². The molecule has 0 aromatic carbocycles. The van der Waals surface area contributed by atoms with Crippen LogP contribution in [-0.2, 0) is 4.74 Å². The third kappa shape index (κ3) is 1.39. The van der Waals surface area contributed by atoms with Gasteiger partial charge in [0.05, 0.1) is 6.61 Å². The average molecular weight is 184 g/mol. The summed E-state index contributed by atoms with van der Waals surface area (Å²) in [5.74, 6) is 0. The normalized spacial score (nSPS) is 39.7.